The van der Waals surface area contributed by atoms with E-state index >= 15 is 0 Å². The average molecular weight is 301 g/mol. The molecule has 2 nitrogen and oxygen atoms in total. The smallest absolute Gasteiger partial charge is 0.228 e. The first kappa shape index (κ1) is 15.0. The molecule has 1 amide bonds. The van der Waals surface area contributed by atoms with Crippen molar-refractivity contribution in [2.24, 2.45) is 0 Å². The van der Waals surface area contributed by atoms with Crippen LogP contribution < -0.4 is 5.32 Å². The van der Waals surface area contributed by atoms with E-state index in [4.69, 9.17) is 0 Å². The molecule has 0 bridgehead atoms. The highest BCUT2D eigenvalue weighted by Gasteiger charge is 2.08. The highest BCUT2D eigenvalue weighted by atomic mass is 16.1. The Bertz CT molecular complexity index is 766. The molecule has 0 atom stereocenters. The maximum atomic E-state index is 12.3. The van der Waals surface area contributed by atoms with Gasteiger partial charge in [-0.05, 0) is 35.2 Å². The first-order chi connectivity index (χ1) is 11.3. The minimum absolute atomic E-state index is 0.0108. The van der Waals surface area contributed by atoms with Crippen LogP contribution in [-0.2, 0) is 17.6 Å². The summed E-state index contributed by atoms with van der Waals surface area (Å²) in [6, 6.07) is 28.0. The normalized spacial score (nSPS) is 10.3. The Labute approximate surface area is 136 Å². The van der Waals surface area contributed by atoms with Crippen LogP contribution in [0.1, 0.15) is 16.7 Å². The second kappa shape index (κ2) is 7.41. The number of rotatable bonds is 5. The molecule has 0 radical (unpaired) electrons. The third-order valence-electron chi connectivity index (χ3n) is 3.76. The number of carbonyl (C=O) groups excluding carboxylic acids is 1. The summed E-state index contributed by atoms with van der Waals surface area (Å²) in [6.07, 6.45) is 1.23. The molecule has 0 fully saturated rings. The van der Waals surface area contributed by atoms with E-state index in [1.165, 1.54) is 11.1 Å². The van der Waals surface area contributed by atoms with Crippen molar-refractivity contribution in [3.05, 3.63) is 102 Å². The number of para-hydroxylation sites is 1. The van der Waals surface area contributed by atoms with E-state index in [2.05, 4.69) is 23.5 Å². The largest absolute Gasteiger partial charge is 0.326 e. The molecule has 3 aromatic carbocycles. The van der Waals surface area contributed by atoms with Crippen molar-refractivity contribution in [2.45, 2.75) is 12.8 Å². The van der Waals surface area contributed by atoms with Crippen molar-refractivity contribution in [1.29, 1.82) is 0 Å². The van der Waals surface area contributed by atoms with E-state index in [1.807, 2.05) is 66.7 Å². The minimum atomic E-state index is 0.0108. The van der Waals surface area contributed by atoms with Crippen molar-refractivity contribution in [1.82, 2.24) is 0 Å². The molecule has 0 spiro atoms. The predicted octanol–water partition coefficient (Wildman–Crippen LogP) is 4.46. The maximum absolute atomic E-state index is 12.3. The number of hydrogen-bond donors (Lipinski definition) is 1. The van der Waals surface area contributed by atoms with Crippen LogP contribution in [0.2, 0.25) is 0 Å². The molecule has 3 rings (SSSR count). The molecule has 0 aliphatic heterocycles. The fourth-order valence-corrected chi connectivity index (χ4v) is 2.62. The minimum Gasteiger partial charge on any atom is -0.326 e. The number of hydrogen-bond acceptors (Lipinski definition) is 1. The van der Waals surface area contributed by atoms with Crippen LogP contribution in [0.25, 0.3) is 0 Å². The highest BCUT2D eigenvalue weighted by molar-refractivity contribution is 5.92. The summed E-state index contributed by atoms with van der Waals surface area (Å²) in [7, 11) is 0. The first-order valence-electron chi connectivity index (χ1n) is 7.77. The molecule has 114 valence electrons. The molecule has 0 saturated heterocycles. The number of anilines is 1. The van der Waals surface area contributed by atoms with Crippen LogP contribution in [0.3, 0.4) is 0 Å². The number of carbonyl (C=O) groups is 1. The Hall–Kier alpha value is -2.87. The summed E-state index contributed by atoms with van der Waals surface area (Å²) in [4.78, 5) is 12.3. The van der Waals surface area contributed by atoms with Gasteiger partial charge in [0.15, 0.2) is 0 Å². The number of benzene rings is 3. The second-order valence-electron chi connectivity index (χ2n) is 5.52. The molecule has 3 aromatic rings. The Morgan fingerprint density at radius 3 is 1.96 bits per heavy atom. The monoisotopic (exact) mass is 301 g/mol. The van der Waals surface area contributed by atoms with Crippen LogP contribution in [0.5, 0.6) is 0 Å². The molecular weight excluding hydrogens is 282 g/mol. The van der Waals surface area contributed by atoms with Crippen LogP contribution in [0.4, 0.5) is 5.69 Å². The average Bonchev–Trinajstić information content (AvgIpc) is 2.58. The quantitative estimate of drug-likeness (QED) is 0.740. The van der Waals surface area contributed by atoms with Crippen molar-refractivity contribution >= 4 is 11.6 Å². The molecule has 23 heavy (non-hydrogen) atoms. The summed E-state index contributed by atoms with van der Waals surface area (Å²) in [5.41, 5.74) is 4.35. The molecule has 0 aromatic heterocycles. The zero-order valence-corrected chi connectivity index (χ0v) is 12.9. The van der Waals surface area contributed by atoms with Gasteiger partial charge in [-0.1, -0.05) is 72.8 Å². The Kier molecular flexibility index (Phi) is 4.85. The van der Waals surface area contributed by atoms with Gasteiger partial charge in [0, 0.05) is 5.69 Å². The van der Waals surface area contributed by atoms with Crippen LogP contribution in [0, 0.1) is 0 Å². The fourth-order valence-electron chi connectivity index (χ4n) is 2.62. The Morgan fingerprint density at radius 1 is 0.696 bits per heavy atom. The SMILES string of the molecule is O=C(Cc1ccccc1Cc1ccccc1)Nc1ccccc1. The van der Waals surface area contributed by atoms with Gasteiger partial charge in [-0.15, -0.1) is 0 Å². The summed E-state index contributed by atoms with van der Waals surface area (Å²) in [5.74, 6) is 0.0108. The third kappa shape index (κ3) is 4.30. The third-order valence-corrected chi connectivity index (χ3v) is 3.76. The van der Waals surface area contributed by atoms with Gasteiger partial charge in [0.2, 0.25) is 5.91 Å². The molecule has 0 heterocycles. The van der Waals surface area contributed by atoms with Gasteiger partial charge in [0.25, 0.3) is 0 Å². The molecule has 0 aliphatic carbocycles. The molecule has 0 aliphatic rings. The summed E-state index contributed by atoms with van der Waals surface area (Å²) in [5, 5.41) is 2.94. The lowest BCUT2D eigenvalue weighted by molar-refractivity contribution is -0.115. The van der Waals surface area contributed by atoms with Gasteiger partial charge >= 0.3 is 0 Å². The van der Waals surface area contributed by atoms with Crippen LogP contribution in [-0.4, -0.2) is 5.91 Å². The molecule has 1 N–H and O–H groups in total. The molecule has 2 heteroatoms. The van der Waals surface area contributed by atoms with E-state index in [1.54, 1.807) is 0 Å². The summed E-state index contributed by atoms with van der Waals surface area (Å²) < 4.78 is 0. The van der Waals surface area contributed by atoms with Crippen molar-refractivity contribution in [3.8, 4) is 0 Å². The van der Waals surface area contributed by atoms with E-state index < -0.39 is 0 Å². The molecule has 0 saturated carbocycles. The zero-order chi connectivity index (χ0) is 15.9. The van der Waals surface area contributed by atoms with Crippen LogP contribution >= 0.6 is 0 Å². The van der Waals surface area contributed by atoms with Crippen molar-refractivity contribution in [2.75, 3.05) is 5.32 Å². The van der Waals surface area contributed by atoms with Gasteiger partial charge in [-0.3, -0.25) is 4.79 Å². The van der Waals surface area contributed by atoms with E-state index in [0.29, 0.717) is 6.42 Å². The topological polar surface area (TPSA) is 29.1 Å². The standard InChI is InChI=1S/C21H19NO/c23-21(22-20-13-5-2-6-14-20)16-19-12-8-7-11-18(19)15-17-9-3-1-4-10-17/h1-14H,15-16H2,(H,22,23). The summed E-state index contributed by atoms with van der Waals surface area (Å²) in [6.45, 7) is 0. The summed E-state index contributed by atoms with van der Waals surface area (Å²) >= 11 is 0. The Morgan fingerprint density at radius 2 is 1.26 bits per heavy atom. The van der Waals surface area contributed by atoms with Gasteiger partial charge in [-0.2, -0.15) is 0 Å². The van der Waals surface area contributed by atoms with Crippen molar-refractivity contribution < 1.29 is 4.79 Å². The van der Waals surface area contributed by atoms with Gasteiger partial charge in [-0.25, -0.2) is 0 Å². The fraction of sp³-hybridized carbons (Fsp3) is 0.0952. The number of amides is 1. The maximum Gasteiger partial charge on any atom is 0.228 e. The molecule has 0 unspecified atom stereocenters. The van der Waals surface area contributed by atoms with E-state index in [0.717, 1.165) is 17.7 Å². The van der Waals surface area contributed by atoms with Gasteiger partial charge in [0.05, 0.1) is 6.42 Å². The molecular formula is C21H19NO. The lowest BCUT2D eigenvalue weighted by Crippen LogP contribution is -2.15. The van der Waals surface area contributed by atoms with Crippen LogP contribution in [0.15, 0.2) is 84.9 Å². The van der Waals surface area contributed by atoms with Gasteiger partial charge < -0.3 is 5.32 Å². The second-order valence-corrected chi connectivity index (χ2v) is 5.52. The Balaban J connectivity index is 1.71. The number of nitrogens with one attached hydrogen (secondary N) is 1. The lowest BCUT2D eigenvalue weighted by atomic mass is 9.98. The lowest BCUT2D eigenvalue weighted by Gasteiger charge is -2.10. The first-order valence-corrected chi connectivity index (χ1v) is 7.77. The van der Waals surface area contributed by atoms with E-state index in [-0.39, 0.29) is 5.91 Å². The van der Waals surface area contributed by atoms with Gasteiger partial charge in [0.1, 0.15) is 0 Å². The van der Waals surface area contributed by atoms with Crippen molar-refractivity contribution in [3.63, 3.8) is 0 Å². The van der Waals surface area contributed by atoms with E-state index in [9.17, 15) is 4.79 Å². The predicted molar refractivity (Wildman–Crippen MR) is 94.5 cm³/mol. The highest BCUT2D eigenvalue weighted by Crippen LogP contribution is 2.16. The zero-order valence-electron chi connectivity index (χ0n) is 12.9.